The van der Waals surface area contributed by atoms with E-state index in [1.807, 2.05) is 12.2 Å². The number of aliphatic carboxylic acids is 1. The quantitative estimate of drug-likeness (QED) is 0.755. The van der Waals surface area contributed by atoms with E-state index in [9.17, 15) is 14.7 Å². The van der Waals surface area contributed by atoms with Crippen molar-refractivity contribution in [3.8, 4) is 0 Å². The van der Waals surface area contributed by atoms with Crippen molar-refractivity contribution in [3.63, 3.8) is 0 Å². The number of carboxylic acid groups (broad SMARTS) is 1. The zero-order valence-electron chi connectivity index (χ0n) is 11.5. The summed E-state index contributed by atoms with van der Waals surface area (Å²) in [7, 11) is 0. The van der Waals surface area contributed by atoms with Gasteiger partial charge >= 0.3 is 5.97 Å². The summed E-state index contributed by atoms with van der Waals surface area (Å²) >= 11 is 0. The molecule has 1 amide bonds. The molecule has 2 N–H and O–H groups in total. The average molecular weight is 275 g/mol. The van der Waals surface area contributed by atoms with Crippen LogP contribution >= 0.6 is 0 Å². The molecule has 0 spiro atoms. The molecule has 2 bridgehead atoms. The lowest BCUT2D eigenvalue weighted by Crippen LogP contribution is -2.40. The van der Waals surface area contributed by atoms with Crippen LogP contribution in [-0.2, 0) is 9.59 Å². The number of hydrogen-bond acceptors (Lipinski definition) is 2. The van der Waals surface area contributed by atoms with Crippen molar-refractivity contribution in [1.29, 1.82) is 0 Å². The molecule has 4 atom stereocenters. The van der Waals surface area contributed by atoms with E-state index in [1.54, 1.807) is 0 Å². The molecule has 3 aliphatic carbocycles. The van der Waals surface area contributed by atoms with Gasteiger partial charge in [-0.2, -0.15) is 0 Å². The zero-order chi connectivity index (χ0) is 14.1. The molecule has 0 aliphatic heterocycles. The van der Waals surface area contributed by atoms with Crippen LogP contribution in [0.4, 0.5) is 0 Å². The third kappa shape index (κ3) is 2.39. The average Bonchev–Trinajstić information content (AvgIpc) is 3.13. The maximum atomic E-state index is 12.3. The van der Waals surface area contributed by atoms with Gasteiger partial charge in [-0.1, -0.05) is 23.8 Å². The number of rotatable bonds is 5. The minimum atomic E-state index is -0.833. The van der Waals surface area contributed by atoms with E-state index in [-0.39, 0.29) is 23.7 Å². The van der Waals surface area contributed by atoms with E-state index >= 15 is 0 Å². The van der Waals surface area contributed by atoms with Crippen molar-refractivity contribution in [2.75, 3.05) is 6.54 Å². The SMILES string of the molecule is O=C(O)[C@@H]1C2C=CC(C2)[C@@H]1C(=O)NCCC1=CCCC1. The molecule has 0 aromatic carbocycles. The Morgan fingerprint density at radius 3 is 2.65 bits per heavy atom. The van der Waals surface area contributed by atoms with Crippen LogP contribution in [0.2, 0.25) is 0 Å². The van der Waals surface area contributed by atoms with E-state index in [0.29, 0.717) is 6.54 Å². The molecule has 0 radical (unpaired) electrons. The van der Waals surface area contributed by atoms with E-state index < -0.39 is 11.9 Å². The lowest BCUT2D eigenvalue weighted by Gasteiger charge is -2.23. The van der Waals surface area contributed by atoms with E-state index in [2.05, 4.69) is 11.4 Å². The topological polar surface area (TPSA) is 66.4 Å². The van der Waals surface area contributed by atoms with E-state index in [1.165, 1.54) is 12.0 Å². The Labute approximate surface area is 118 Å². The van der Waals surface area contributed by atoms with Crippen LogP contribution in [0.15, 0.2) is 23.8 Å². The van der Waals surface area contributed by atoms with Crippen LogP contribution in [0.5, 0.6) is 0 Å². The number of hydrogen-bond donors (Lipinski definition) is 2. The number of fused-ring (bicyclic) bond motifs is 2. The third-order valence-electron chi connectivity index (χ3n) is 4.93. The van der Waals surface area contributed by atoms with Gasteiger partial charge in [-0.25, -0.2) is 0 Å². The smallest absolute Gasteiger partial charge is 0.307 e. The Balaban J connectivity index is 1.56. The van der Waals surface area contributed by atoms with E-state index in [0.717, 1.165) is 25.7 Å². The van der Waals surface area contributed by atoms with Crippen LogP contribution in [-0.4, -0.2) is 23.5 Å². The highest BCUT2D eigenvalue weighted by Gasteiger charge is 2.51. The van der Waals surface area contributed by atoms with Gasteiger partial charge in [-0.05, 0) is 43.9 Å². The molecule has 0 aromatic rings. The molecular weight excluding hydrogens is 254 g/mol. The Morgan fingerprint density at radius 2 is 2.00 bits per heavy atom. The summed E-state index contributed by atoms with van der Waals surface area (Å²) in [5, 5.41) is 12.3. The Hall–Kier alpha value is -1.58. The fraction of sp³-hybridized carbons (Fsp3) is 0.625. The minimum absolute atomic E-state index is 0.0470. The van der Waals surface area contributed by atoms with Crippen LogP contribution in [0.25, 0.3) is 0 Å². The number of carbonyl (C=O) groups excluding carboxylic acids is 1. The molecular formula is C16H21NO3. The molecule has 1 saturated carbocycles. The molecule has 20 heavy (non-hydrogen) atoms. The lowest BCUT2D eigenvalue weighted by atomic mass is 9.82. The summed E-state index contributed by atoms with van der Waals surface area (Å²) < 4.78 is 0. The van der Waals surface area contributed by atoms with Gasteiger partial charge in [0.15, 0.2) is 0 Å². The van der Waals surface area contributed by atoms with Crippen molar-refractivity contribution in [2.45, 2.75) is 32.1 Å². The molecule has 108 valence electrons. The predicted molar refractivity (Wildman–Crippen MR) is 74.9 cm³/mol. The Kier molecular flexibility index (Phi) is 3.64. The number of carbonyl (C=O) groups is 2. The first-order valence-corrected chi connectivity index (χ1v) is 7.53. The van der Waals surface area contributed by atoms with Crippen LogP contribution < -0.4 is 5.32 Å². The van der Waals surface area contributed by atoms with Crippen molar-refractivity contribution in [3.05, 3.63) is 23.8 Å². The molecule has 2 unspecified atom stereocenters. The summed E-state index contributed by atoms with van der Waals surface area (Å²) in [6.07, 6.45) is 11.5. The molecule has 4 heteroatoms. The van der Waals surface area contributed by atoms with Gasteiger partial charge in [0.2, 0.25) is 5.91 Å². The first-order valence-electron chi connectivity index (χ1n) is 7.53. The molecule has 3 aliphatic rings. The van der Waals surface area contributed by atoms with Crippen molar-refractivity contribution < 1.29 is 14.7 Å². The fourth-order valence-electron chi connectivity index (χ4n) is 3.94. The number of amides is 1. The second-order valence-electron chi connectivity index (χ2n) is 6.13. The number of carboxylic acids is 1. The van der Waals surface area contributed by atoms with E-state index in [4.69, 9.17) is 0 Å². The molecule has 4 nitrogen and oxygen atoms in total. The van der Waals surface area contributed by atoms with Gasteiger partial charge in [0.25, 0.3) is 0 Å². The van der Waals surface area contributed by atoms with Gasteiger partial charge in [-0.15, -0.1) is 0 Å². The standard InChI is InChI=1S/C16H21NO3/c18-15(17-8-7-10-3-1-2-4-10)13-11-5-6-12(9-11)14(13)16(19)20/h3,5-6,11-14H,1-2,4,7-9H2,(H,17,18)(H,19,20)/t11?,12?,13-,14+/m0/s1. The van der Waals surface area contributed by atoms with Crippen LogP contribution in [0, 0.1) is 23.7 Å². The van der Waals surface area contributed by atoms with Gasteiger partial charge in [-0.3, -0.25) is 9.59 Å². The molecule has 3 rings (SSSR count). The highest BCUT2D eigenvalue weighted by Crippen LogP contribution is 2.48. The zero-order valence-corrected chi connectivity index (χ0v) is 11.5. The normalized spacial score (nSPS) is 34.3. The maximum Gasteiger partial charge on any atom is 0.307 e. The van der Waals surface area contributed by atoms with Crippen LogP contribution in [0.1, 0.15) is 32.1 Å². The summed E-state index contributed by atoms with van der Waals surface area (Å²) in [6, 6.07) is 0. The van der Waals surface area contributed by atoms with Crippen molar-refractivity contribution in [2.24, 2.45) is 23.7 Å². The summed E-state index contributed by atoms with van der Waals surface area (Å²) in [5.74, 6) is -1.65. The Morgan fingerprint density at radius 1 is 1.25 bits per heavy atom. The van der Waals surface area contributed by atoms with Gasteiger partial charge < -0.3 is 10.4 Å². The highest BCUT2D eigenvalue weighted by atomic mass is 16.4. The molecule has 1 fully saturated rings. The summed E-state index contributed by atoms with van der Waals surface area (Å²) in [4.78, 5) is 23.7. The first kappa shape index (κ1) is 13.4. The molecule has 0 heterocycles. The number of allylic oxidation sites excluding steroid dienone is 3. The van der Waals surface area contributed by atoms with Crippen LogP contribution in [0.3, 0.4) is 0 Å². The van der Waals surface area contributed by atoms with Gasteiger partial charge in [0.1, 0.15) is 0 Å². The highest BCUT2D eigenvalue weighted by molar-refractivity contribution is 5.86. The second-order valence-corrected chi connectivity index (χ2v) is 6.13. The van der Waals surface area contributed by atoms with Crippen molar-refractivity contribution >= 4 is 11.9 Å². The van der Waals surface area contributed by atoms with Crippen molar-refractivity contribution in [1.82, 2.24) is 5.32 Å². The monoisotopic (exact) mass is 275 g/mol. The lowest BCUT2D eigenvalue weighted by molar-refractivity contribution is -0.147. The number of nitrogens with one attached hydrogen (secondary N) is 1. The Bertz CT molecular complexity index is 480. The fourth-order valence-corrected chi connectivity index (χ4v) is 3.94. The molecule has 0 saturated heterocycles. The predicted octanol–water partition coefficient (Wildman–Crippen LogP) is 2.13. The summed E-state index contributed by atoms with van der Waals surface area (Å²) in [5.41, 5.74) is 1.42. The largest absolute Gasteiger partial charge is 0.481 e. The van der Waals surface area contributed by atoms with Gasteiger partial charge in [0.05, 0.1) is 11.8 Å². The third-order valence-corrected chi connectivity index (χ3v) is 4.93. The first-order chi connectivity index (χ1) is 9.66. The minimum Gasteiger partial charge on any atom is -0.481 e. The van der Waals surface area contributed by atoms with Gasteiger partial charge in [0, 0.05) is 6.54 Å². The second kappa shape index (κ2) is 5.43. The summed E-state index contributed by atoms with van der Waals surface area (Å²) in [6.45, 7) is 0.634. The maximum absolute atomic E-state index is 12.3. The molecule has 0 aromatic heterocycles.